The quantitative estimate of drug-likeness (QED) is 0.751. The van der Waals surface area contributed by atoms with Crippen LogP contribution in [0.1, 0.15) is 19.8 Å². The predicted molar refractivity (Wildman–Crippen MR) is 36.9 cm³/mol. The van der Waals surface area contributed by atoms with E-state index in [9.17, 15) is 30.7 Å². The van der Waals surface area contributed by atoms with Crippen molar-refractivity contribution in [2.24, 2.45) is 0 Å². The van der Waals surface area contributed by atoms with E-state index in [1.807, 2.05) is 0 Å². The highest BCUT2D eigenvalue weighted by Gasteiger charge is 2.75. The lowest BCUT2D eigenvalue weighted by Gasteiger charge is -2.31. The van der Waals surface area contributed by atoms with Gasteiger partial charge in [-0.3, -0.25) is 0 Å². The second-order valence-corrected chi connectivity index (χ2v) is 3.00. The number of halogens is 7. The molecule has 0 aromatic carbocycles. The third kappa shape index (κ3) is 2.53. The average molecular weight is 242 g/mol. The molecule has 0 rings (SSSR count). The molecule has 0 aromatic rings. The van der Waals surface area contributed by atoms with Crippen molar-refractivity contribution < 1.29 is 35.8 Å². The summed E-state index contributed by atoms with van der Waals surface area (Å²) in [5.74, 6) is -11.7. The third-order valence-corrected chi connectivity index (χ3v) is 1.76. The van der Waals surface area contributed by atoms with Gasteiger partial charge in [0.25, 0.3) is 0 Å². The monoisotopic (exact) mass is 242 g/mol. The Morgan fingerprint density at radius 2 is 1.40 bits per heavy atom. The van der Waals surface area contributed by atoms with Crippen LogP contribution in [0.3, 0.4) is 0 Å². The first-order chi connectivity index (χ1) is 6.48. The van der Waals surface area contributed by atoms with Crippen molar-refractivity contribution in [1.29, 1.82) is 0 Å². The average Bonchev–Trinajstić information content (AvgIpc) is 2.02. The molecule has 0 aliphatic carbocycles. The van der Waals surface area contributed by atoms with Gasteiger partial charge < -0.3 is 5.11 Å². The summed E-state index contributed by atoms with van der Waals surface area (Å²) in [4.78, 5) is 0. The SMILES string of the molecule is CCCC(O)C(F)(F)C(F)(F)C(F)(F)F. The molecule has 1 unspecified atom stereocenters. The first-order valence-corrected chi connectivity index (χ1v) is 3.99. The second kappa shape index (κ2) is 4.15. The molecule has 0 fully saturated rings. The van der Waals surface area contributed by atoms with Gasteiger partial charge in [0.2, 0.25) is 0 Å². The number of aliphatic hydroxyl groups is 1. The summed E-state index contributed by atoms with van der Waals surface area (Å²) in [5.41, 5.74) is 0. The van der Waals surface area contributed by atoms with E-state index < -0.39 is 30.5 Å². The number of rotatable bonds is 4. The molecule has 0 heterocycles. The van der Waals surface area contributed by atoms with Crippen molar-refractivity contribution in [3.63, 3.8) is 0 Å². The summed E-state index contributed by atoms with van der Waals surface area (Å²) in [7, 11) is 0. The maximum absolute atomic E-state index is 12.6. The fourth-order valence-corrected chi connectivity index (χ4v) is 0.853. The predicted octanol–water partition coefficient (Wildman–Crippen LogP) is 2.98. The molecule has 0 spiro atoms. The van der Waals surface area contributed by atoms with Crippen LogP contribution in [0.25, 0.3) is 0 Å². The van der Waals surface area contributed by atoms with Crippen molar-refractivity contribution in [2.45, 2.75) is 43.9 Å². The molecule has 92 valence electrons. The fourth-order valence-electron chi connectivity index (χ4n) is 0.853. The van der Waals surface area contributed by atoms with Crippen LogP contribution in [0, 0.1) is 0 Å². The Hall–Kier alpha value is -0.530. The molecule has 0 aliphatic rings. The maximum Gasteiger partial charge on any atom is 0.459 e. The highest BCUT2D eigenvalue weighted by Crippen LogP contribution is 2.48. The zero-order chi connectivity index (χ0) is 12.5. The molecule has 0 amide bonds. The van der Waals surface area contributed by atoms with Crippen LogP contribution in [0.5, 0.6) is 0 Å². The van der Waals surface area contributed by atoms with Crippen molar-refractivity contribution in [1.82, 2.24) is 0 Å². The molecule has 8 heteroatoms. The second-order valence-electron chi connectivity index (χ2n) is 3.00. The van der Waals surface area contributed by atoms with Gasteiger partial charge in [0.15, 0.2) is 0 Å². The van der Waals surface area contributed by atoms with Gasteiger partial charge >= 0.3 is 18.0 Å². The summed E-state index contributed by atoms with van der Waals surface area (Å²) in [5, 5.41) is 8.55. The fraction of sp³-hybridized carbons (Fsp3) is 1.00. The van der Waals surface area contributed by atoms with Crippen molar-refractivity contribution in [3.05, 3.63) is 0 Å². The molecule has 0 aliphatic heterocycles. The lowest BCUT2D eigenvalue weighted by molar-refractivity contribution is -0.371. The number of alkyl halides is 7. The Kier molecular flexibility index (Phi) is 4.00. The summed E-state index contributed by atoms with van der Waals surface area (Å²) in [6.45, 7) is 1.27. The molecule has 0 saturated heterocycles. The topological polar surface area (TPSA) is 20.2 Å². The molecular formula is C7H9F7O. The third-order valence-electron chi connectivity index (χ3n) is 1.76. The minimum Gasteiger partial charge on any atom is -0.387 e. The number of aliphatic hydroxyl groups excluding tert-OH is 1. The van der Waals surface area contributed by atoms with Crippen LogP contribution in [0.2, 0.25) is 0 Å². The normalized spacial score (nSPS) is 16.6. The van der Waals surface area contributed by atoms with E-state index in [2.05, 4.69) is 0 Å². The van der Waals surface area contributed by atoms with Crippen LogP contribution in [0.4, 0.5) is 30.7 Å². The Bertz CT molecular complexity index is 210. The van der Waals surface area contributed by atoms with Crippen LogP contribution in [-0.2, 0) is 0 Å². The van der Waals surface area contributed by atoms with Crippen molar-refractivity contribution in [3.8, 4) is 0 Å². The molecular weight excluding hydrogens is 233 g/mol. The number of hydrogen-bond acceptors (Lipinski definition) is 1. The van der Waals surface area contributed by atoms with Gasteiger partial charge in [-0.25, -0.2) is 0 Å². The molecule has 0 aromatic heterocycles. The molecule has 1 atom stereocenters. The summed E-state index contributed by atoms with van der Waals surface area (Å²) in [6, 6.07) is 0. The molecule has 0 bridgehead atoms. The molecule has 1 nitrogen and oxygen atoms in total. The van der Waals surface area contributed by atoms with E-state index >= 15 is 0 Å². The van der Waals surface area contributed by atoms with E-state index in [0.717, 1.165) is 0 Å². The van der Waals surface area contributed by atoms with E-state index in [1.165, 1.54) is 6.92 Å². The number of hydrogen-bond donors (Lipinski definition) is 1. The molecule has 15 heavy (non-hydrogen) atoms. The van der Waals surface area contributed by atoms with Crippen molar-refractivity contribution >= 4 is 0 Å². The largest absolute Gasteiger partial charge is 0.459 e. The Balaban J connectivity index is 5.00. The van der Waals surface area contributed by atoms with Gasteiger partial charge in [0.05, 0.1) is 0 Å². The van der Waals surface area contributed by atoms with Crippen molar-refractivity contribution in [2.75, 3.05) is 0 Å². The Labute approximate surface area is 80.9 Å². The van der Waals surface area contributed by atoms with E-state index in [4.69, 9.17) is 5.11 Å². The van der Waals surface area contributed by atoms with Gasteiger partial charge in [0.1, 0.15) is 6.10 Å². The van der Waals surface area contributed by atoms with E-state index in [0.29, 0.717) is 0 Å². The van der Waals surface area contributed by atoms with E-state index in [-0.39, 0.29) is 6.42 Å². The van der Waals surface area contributed by atoms with E-state index in [1.54, 1.807) is 0 Å². The zero-order valence-electron chi connectivity index (χ0n) is 7.58. The van der Waals surface area contributed by atoms with Crippen LogP contribution in [-0.4, -0.2) is 29.2 Å². The summed E-state index contributed by atoms with van der Waals surface area (Å²) < 4.78 is 84.4. The lowest BCUT2D eigenvalue weighted by atomic mass is 10.0. The van der Waals surface area contributed by atoms with Gasteiger partial charge in [-0.05, 0) is 6.42 Å². The smallest absolute Gasteiger partial charge is 0.387 e. The van der Waals surface area contributed by atoms with Gasteiger partial charge in [-0.15, -0.1) is 0 Å². The lowest BCUT2D eigenvalue weighted by Crippen LogP contribution is -2.57. The summed E-state index contributed by atoms with van der Waals surface area (Å²) in [6.07, 6.45) is -10.4. The van der Waals surface area contributed by atoms with Gasteiger partial charge in [-0.1, -0.05) is 13.3 Å². The molecule has 0 saturated carbocycles. The van der Waals surface area contributed by atoms with Gasteiger partial charge in [-0.2, -0.15) is 30.7 Å². The first-order valence-electron chi connectivity index (χ1n) is 3.99. The maximum atomic E-state index is 12.6. The minimum absolute atomic E-state index is 0.134. The highest BCUT2D eigenvalue weighted by atomic mass is 19.4. The van der Waals surface area contributed by atoms with Crippen LogP contribution in [0.15, 0.2) is 0 Å². The Morgan fingerprint density at radius 1 is 1.00 bits per heavy atom. The van der Waals surface area contributed by atoms with Gasteiger partial charge in [0, 0.05) is 0 Å². The molecule has 1 N–H and O–H groups in total. The zero-order valence-corrected chi connectivity index (χ0v) is 7.58. The minimum atomic E-state index is -6.38. The Morgan fingerprint density at radius 3 is 1.67 bits per heavy atom. The van der Waals surface area contributed by atoms with Crippen LogP contribution < -0.4 is 0 Å². The standard InChI is InChI=1S/C7H9F7O/c1-2-3-4(15)5(8,9)6(10,11)7(12,13)14/h4,15H,2-3H2,1H3. The first kappa shape index (κ1) is 14.5. The molecule has 0 radical (unpaired) electrons. The van der Waals surface area contributed by atoms with Crippen LogP contribution >= 0.6 is 0 Å². The summed E-state index contributed by atoms with van der Waals surface area (Å²) >= 11 is 0. The highest BCUT2D eigenvalue weighted by molar-refractivity contribution is 4.95.